The van der Waals surface area contributed by atoms with Crippen molar-refractivity contribution in [3.05, 3.63) is 28.8 Å². The van der Waals surface area contributed by atoms with E-state index in [1.54, 1.807) is 32.9 Å². The van der Waals surface area contributed by atoms with Crippen LogP contribution in [-0.4, -0.2) is 29.1 Å². The molecule has 0 aliphatic rings. The summed E-state index contributed by atoms with van der Waals surface area (Å²) < 4.78 is 5.51. The Bertz CT molecular complexity index is 530. The number of carboxylic acid groups (broad SMARTS) is 1. The maximum atomic E-state index is 12.0. The first-order valence-corrected chi connectivity index (χ1v) is 7.06. The summed E-state index contributed by atoms with van der Waals surface area (Å²) in [5.41, 5.74) is 0.951. The number of ether oxygens (including phenoxy) is 1. The molecular formula is C15H20ClNO4. The molecule has 6 heteroatoms. The number of amides is 1. The number of nitrogens with one attached hydrogen (secondary N) is 1. The van der Waals surface area contributed by atoms with Crippen LogP contribution in [0.25, 0.3) is 0 Å². The van der Waals surface area contributed by atoms with Crippen LogP contribution in [-0.2, 0) is 9.59 Å². The van der Waals surface area contributed by atoms with E-state index in [2.05, 4.69) is 5.32 Å². The molecule has 1 amide bonds. The third-order valence-electron chi connectivity index (χ3n) is 2.99. The van der Waals surface area contributed by atoms with Gasteiger partial charge in [0.15, 0.2) is 6.10 Å². The van der Waals surface area contributed by atoms with E-state index in [1.807, 2.05) is 13.0 Å². The molecule has 1 rings (SSSR count). The third kappa shape index (κ3) is 4.93. The molecule has 116 valence electrons. The number of rotatable bonds is 6. The first kappa shape index (κ1) is 17.3. The SMILES string of the molecule is Cc1ccc(Cl)c(OC(C)C(=O)N[C@H](C(=O)O)C(C)C)c1. The van der Waals surface area contributed by atoms with E-state index in [-0.39, 0.29) is 5.92 Å². The van der Waals surface area contributed by atoms with Crippen molar-refractivity contribution in [2.45, 2.75) is 39.8 Å². The zero-order valence-electron chi connectivity index (χ0n) is 12.5. The van der Waals surface area contributed by atoms with E-state index >= 15 is 0 Å². The van der Waals surface area contributed by atoms with Crippen LogP contribution in [0.4, 0.5) is 0 Å². The lowest BCUT2D eigenvalue weighted by molar-refractivity contribution is -0.144. The minimum atomic E-state index is -1.07. The highest BCUT2D eigenvalue weighted by Crippen LogP contribution is 2.26. The standard InChI is InChI=1S/C15H20ClNO4/c1-8(2)13(15(19)20)17-14(18)10(4)21-12-7-9(3)5-6-11(12)16/h5-8,10,13H,1-4H3,(H,17,18)(H,19,20)/t10?,13-/m0/s1. The van der Waals surface area contributed by atoms with Crippen molar-refractivity contribution in [1.29, 1.82) is 0 Å². The summed E-state index contributed by atoms with van der Waals surface area (Å²) in [7, 11) is 0. The Hall–Kier alpha value is -1.75. The van der Waals surface area contributed by atoms with Gasteiger partial charge in [0, 0.05) is 0 Å². The molecule has 0 aromatic heterocycles. The molecular weight excluding hydrogens is 294 g/mol. The molecule has 0 bridgehead atoms. The molecule has 0 aliphatic heterocycles. The highest BCUT2D eigenvalue weighted by molar-refractivity contribution is 6.32. The second-order valence-corrected chi connectivity index (χ2v) is 5.67. The Kier molecular flexibility index (Phi) is 6.03. The van der Waals surface area contributed by atoms with Crippen LogP contribution in [0.15, 0.2) is 18.2 Å². The lowest BCUT2D eigenvalue weighted by atomic mass is 10.0. The lowest BCUT2D eigenvalue weighted by Crippen LogP contribution is -2.48. The number of carbonyl (C=O) groups excluding carboxylic acids is 1. The van der Waals surface area contributed by atoms with E-state index in [0.717, 1.165) is 5.56 Å². The first-order valence-electron chi connectivity index (χ1n) is 6.68. The van der Waals surface area contributed by atoms with Crippen molar-refractivity contribution in [3.8, 4) is 5.75 Å². The van der Waals surface area contributed by atoms with Crippen LogP contribution in [0.1, 0.15) is 26.3 Å². The van der Waals surface area contributed by atoms with Gasteiger partial charge in [0.05, 0.1) is 5.02 Å². The summed E-state index contributed by atoms with van der Waals surface area (Å²) in [6.07, 6.45) is -0.843. The molecule has 0 spiro atoms. The van der Waals surface area contributed by atoms with Crippen molar-refractivity contribution in [2.24, 2.45) is 5.92 Å². The van der Waals surface area contributed by atoms with E-state index in [4.69, 9.17) is 21.4 Å². The van der Waals surface area contributed by atoms with Gasteiger partial charge in [-0.2, -0.15) is 0 Å². The summed E-state index contributed by atoms with van der Waals surface area (Å²) in [6, 6.07) is 4.30. The van der Waals surface area contributed by atoms with E-state index < -0.39 is 24.0 Å². The number of carboxylic acids is 1. The largest absolute Gasteiger partial charge is 0.480 e. The maximum Gasteiger partial charge on any atom is 0.326 e. The average molecular weight is 314 g/mol. The molecule has 21 heavy (non-hydrogen) atoms. The molecule has 0 aliphatic carbocycles. The topological polar surface area (TPSA) is 75.6 Å². The van der Waals surface area contributed by atoms with Gasteiger partial charge >= 0.3 is 5.97 Å². The molecule has 2 atom stereocenters. The Morgan fingerprint density at radius 3 is 2.43 bits per heavy atom. The summed E-state index contributed by atoms with van der Waals surface area (Å²) in [6.45, 7) is 6.88. The molecule has 0 fully saturated rings. The number of aliphatic carboxylic acids is 1. The molecule has 1 unspecified atom stereocenters. The van der Waals surface area contributed by atoms with Gasteiger partial charge in [0.1, 0.15) is 11.8 Å². The van der Waals surface area contributed by atoms with Crippen LogP contribution in [0.5, 0.6) is 5.75 Å². The quantitative estimate of drug-likeness (QED) is 0.846. The van der Waals surface area contributed by atoms with Gasteiger partial charge in [0.2, 0.25) is 0 Å². The Balaban J connectivity index is 2.74. The summed E-state index contributed by atoms with van der Waals surface area (Å²) >= 11 is 6.00. The van der Waals surface area contributed by atoms with Gasteiger partial charge < -0.3 is 15.2 Å². The average Bonchev–Trinajstić information content (AvgIpc) is 2.38. The highest BCUT2D eigenvalue weighted by Gasteiger charge is 2.26. The fourth-order valence-corrected chi connectivity index (χ4v) is 1.89. The van der Waals surface area contributed by atoms with Crippen LogP contribution >= 0.6 is 11.6 Å². The van der Waals surface area contributed by atoms with Crippen LogP contribution in [0.2, 0.25) is 5.02 Å². The van der Waals surface area contributed by atoms with Crippen molar-refractivity contribution < 1.29 is 19.4 Å². The van der Waals surface area contributed by atoms with E-state index in [1.165, 1.54) is 0 Å². The Labute approximate surface area is 129 Å². The summed E-state index contributed by atoms with van der Waals surface area (Å²) in [4.78, 5) is 23.1. The smallest absolute Gasteiger partial charge is 0.326 e. The predicted octanol–water partition coefficient (Wildman–Crippen LogP) is 2.64. The van der Waals surface area contributed by atoms with Crippen molar-refractivity contribution in [2.75, 3.05) is 0 Å². The second-order valence-electron chi connectivity index (χ2n) is 5.26. The van der Waals surface area contributed by atoms with Gasteiger partial charge in [-0.25, -0.2) is 4.79 Å². The zero-order valence-corrected chi connectivity index (χ0v) is 13.3. The molecule has 0 heterocycles. The molecule has 0 radical (unpaired) electrons. The van der Waals surface area contributed by atoms with Crippen molar-refractivity contribution >= 4 is 23.5 Å². The third-order valence-corrected chi connectivity index (χ3v) is 3.30. The molecule has 0 saturated heterocycles. The number of hydrogen-bond donors (Lipinski definition) is 2. The molecule has 2 N–H and O–H groups in total. The number of aryl methyl sites for hydroxylation is 1. The highest BCUT2D eigenvalue weighted by atomic mass is 35.5. The minimum Gasteiger partial charge on any atom is -0.480 e. The van der Waals surface area contributed by atoms with Gasteiger partial charge in [-0.3, -0.25) is 4.79 Å². The molecule has 0 saturated carbocycles. The second kappa shape index (κ2) is 7.31. The van der Waals surface area contributed by atoms with Crippen LogP contribution in [0.3, 0.4) is 0 Å². The van der Waals surface area contributed by atoms with Gasteiger partial charge in [0.25, 0.3) is 5.91 Å². The summed E-state index contributed by atoms with van der Waals surface area (Å²) in [5.74, 6) is -1.38. The minimum absolute atomic E-state index is 0.221. The number of halogens is 1. The van der Waals surface area contributed by atoms with Gasteiger partial charge in [-0.05, 0) is 37.5 Å². The Morgan fingerprint density at radius 1 is 1.29 bits per heavy atom. The zero-order chi connectivity index (χ0) is 16.2. The maximum absolute atomic E-state index is 12.0. The monoisotopic (exact) mass is 313 g/mol. The number of carbonyl (C=O) groups is 2. The molecule has 1 aromatic rings. The van der Waals surface area contributed by atoms with Crippen molar-refractivity contribution in [1.82, 2.24) is 5.32 Å². The first-order chi connectivity index (χ1) is 9.72. The van der Waals surface area contributed by atoms with Gasteiger partial charge in [-0.15, -0.1) is 0 Å². The van der Waals surface area contributed by atoms with Crippen molar-refractivity contribution in [3.63, 3.8) is 0 Å². The molecule has 1 aromatic carbocycles. The lowest BCUT2D eigenvalue weighted by Gasteiger charge is -2.21. The normalized spacial score (nSPS) is 13.6. The predicted molar refractivity (Wildman–Crippen MR) is 80.7 cm³/mol. The van der Waals surface area contributed by atoms with E-state index in [9.17, 15) is 9.59 Å². The summed E-state index contributed by atoms with van der Waals surface area (Å²) in [5, 5.41) is 11.9. The van der Waals surface area contributed by atoms with Crippen LogP contribution < -0.4 is 10.1 Å². The van der Waals surface area contributed by atoms with Crippen LogP contribution in [0, 0.1) is 12.8 Å². The van der Waals surface area contributed by atoms with E-state index in [0.29, 0.717) is 10.8 Å². The number of hydrogen-bond acceptors (Lipinski definition) is 3. The number of benzene rings is 1. The molecule has 5 nitrogen and oxygen atoms in total. The van der Waals surface area contributed by atoms with Gasteiger partial charge in [-0.1, -0.05) is 31.5 Å². The Morgan fingerprint density at radius 2 is 1.90 bits per heavy atom. The fraction of sp³-hybridized carbons (Fsp3) is 0.467. The fourth-order valence-electron chi connectivity index (χ4n) is 1.73.